The molecule has 0 saturated heterocycles. The van der Waals surface area contributed by atoms with Gasteiger partial charge in [0, 0.05) is 17.0 Å². The van der Waals surface area contributed by atoms with Crippen LogP contribution in [0.25, 0.3) is 0 Å². The molecule has 0 aromatic heterocycles. The first kappa shape index (κ1) is 11.4. The summed E-state index contributed by atoms with van der Waals surface area (Å²) in [4.78, 5) is 11.5. The van der Waals surface area contributed by atoms with Crippen LogP contribution in [0.2, 0.25) is 0 Å². The summed E-state index contributed by atoms with van der Waals surface area (Å²) < 4.78 is 0. The lowest BCUT2D eigenvalue weighted by molar-refractivity contribution is -0.114. The molecular weight excluding hydrogens is 220 g/mol. The summed E-state index contributed by atoms with van der Waals surface area (Å²) in [7, 11) is 0. The van der Waals surface area contributed by atoms with Crippen molar-refractivity contribution in [2.24, 2.45) is 0 Å². The van der Waals surface area contributed by atoms with Crippen LogP contribution < -0.4 is 0 Å². The van der Waals surface area contributed by atoms with Crippen LogP contribution in [0.15, 0.2) is 40.9 Å². The number of aryl methyl sites for hydroxylation is 1. The van der Waals surface area contributed by atoms with Crippen molar-refractivity contribution in [2.75, 3.05) is 0 Å². The van der Waals surface area contributed by atoms with Crippen molar-refractivity contribution in [3.8, 4) is 0 Å². The van der Waals surface area contributed by atoms with Crippen LogP contribution >= 0.6 is 11.6 Å². The quantitative estimate of drug-likeness (QED) is 0.726. The second-order valence-corrected chi connectivity index (χ2v) is 4.60. The molecule has 0 N–H and O–H groups in total. The number of benzene rings is 1. The summed E-state index contributed by atoms with van der Waals surface area (Å²) in [5.41, 5.74) is 2.14. The minimum absolute atomic E-state index is 0.248. The molecule has 2 rings (SSSR count). The molecule has 1 fully saturated rings. The summed E-state index contributed by atoms with van der Waals surface area (Å²) in [5.74, 6) is 0.248. The Labute approximate surface area is 101 Å². The summed E-state index contributed by atoms with van der Waals surface area (Å²) in [5, 5.41) is 0.770. The molecule has 1 aromatic rings. The largest absolute Gasteiger partial charge is 0.295 e. The third kappa shape index (κ3) is 2.73. The fourth-order valence-corrected chi connectivity index (χ4v) is 2.35. The van der Waals surface area contributed by atoms with Crippen LogP contribution in [-0.4, -0.2) is 5.78 Å². The van der Waals surface area contributed by atoms with Crippen LogP contribution in [0.1, 0.15) is 31.2 Å². The van der Waals surface area contributed by atoms with Crippen molar-refractivity contribution in [3.63, 3.8) is 0 Å². The summed E-state index contributed by atoms with van der Waals surface area (Å²) >= 11 is 6.19. The van der Waals surface area contributed by atoms with Crippen molar-refractivity contribution in [1.82, 2.24) is 0 Å². The molecule has 0 spiro atoms. The first-order chi connectivity index (χ1) is 7.77. The Hall–Kier alpha value is -1.08. The van der Waals surface area contributed by atoms with E-state index in [0.29, 0.717) is 6.42 Å². The number of allylic oxidation sites excluding steroid dienone is 2. The van der Waals surface area contributed by atoms with Crippen LogP contribution in [0, 0.1) is 0 Å². The fourth-order valence-electron chi connectivity index (χ4n) is 2.05. The summed E-state index contributed by atoms with van der Waals surface area (Å²) in [6.45, 7) is 0. The molecule has 16 heavy (non-hydrogen) atoms. The van der Waals surface area contributed by atoms with Crippen molar-refractivity contribution in [1.29, 1.82) is 0 Å². The summed E-state index contributed by atoms with van der Waals surface area (Å²) in [6.07, 6.45) is 4.21. The SMILES string of the molecule is O=C1CCC/C1=C(\Cl)CCc1ccccc1. The van der Waals surface area contributed by atoms with Crippen molar-refractivity contribution in [3.05, 3.63) is 46.5 Å². The lowest BCUT2D eigenvalue weighted by Gasteiger charge is -2.03. The van der Waals surface area contributed by atoms with Gasteiger partial charge in [-0.25, -0.2) is 0 Å². The maximum Gasteiger partial charge on any atom is 0.160 e. The number of hydrogen-bond acceptors (Lipinski definition) is 1. The zero-order chi connectivity index (χ0) is 11.4. The van der Waals surface area contributed by atoms with E-state index in [4.69, 9.17) is 11.6 Å². The number of hydrogen-bond donors (Lipinski definition) is 0. The highest BCUT2D eigenvalue weighted by atomic mass is 35.5. The molecule has 0 bridgehead atoms. The van der Waals surface area contributed by atoms with Gasteiger partial charge in [-0.3, -0.25) is 4.79 Å². The average Bonchev–Trinajstić information content (AvgIpc) is 2.74. The van der Waals surface area contributed by atoms with Crippen molar-refractivity contribution < 1.29 is 4.79 Å². The third-order valence-electron chi connectivity index (χ3n) is 2.97. The standard InChI is InChI=1S/C14H15ClO/c15-13(12-7-4-8-14(12)16)10-9-11-5-2-1-3-6-11/h1-3,5-6H,4,7-10H2/b13-12+. The van der Waals surface area contributed by atoms with Gasteiger partial charge >= 0.3 is 0 Å². The first-order valence-electron chi connectivity index (χ1n) is 5.72. The molecule has 84 valence electrons. The van der Waals surface area contributed by atoms with Gasteiger partial charge < -0.3 is 0 Å². The predicted octanol–water partition coefficient (Wildman–Crippen LogP) is 3.87. The van der Waals surface area contributed by atoms with E-state index in [2.05, 4.69) is 12.1 Å². The van der Waals surface area contributed by atoms with E-state index in [1.54, 1.807) is 0 Å². The molecular formula is C14H15ClO. The van der Waals surface area contributed by atoms with E-state index in [9.17, 15) is 4.79 Å². The molecule has 1 saturated carbocycles. The highest BCUT2D eigenvalue weighted by Gasteiger charge is 2.19. The Kier molecular flexibility index (Phi) is 3.79. The van der Waals surface area contributed by atoms with Crippen molar-refractivity contribution in [2.45, 2.75) is 32.1 Å². The van der Waals surface area contributed by atoms with Gasteiger partial charge in [-0.05, 0) is 31.2 Å². The second kappa shape index (κ2) is 5.31. The van der Waals surface area contributed by atoms with Gasteiger partial charge in [0.15, 0.2) is 5.78 Å². The minimum Gasteiger partial charge on any atom is -0.295 e. The van der Waals surface area contributed by atoms with E-state index in [1.807, 2.05) is 18.2 Å². The highest BCUT2D eigenvalue weighted by molar-refractivity contribution is 6.32. The lowest BCUT2D eigenvalue weighted by atomic mass is 10.1. The Morgan fingerprint density at radius 2 is 1.94 bits per heavy atom. The maximum absolute atomic E-state index is 11.5. The molecule has 0 aliphatic heterocycles. The molecule has 0 atom stereocenters. The molecule has 1 aliphatic rings. The van der Waals surface area contributed by atoms with Gasteiger partial charge in [0.2, 0.25) is 0 Å². The van der Waals surface area contributed by atoms with E-state index < -0.39 is 0 Å². The zero-order valence-electron chi connectivity index (χ0n) is 9.21. The Morgan fingerprint density at radius 3 is 2.56 bits per heavy atom. The number of rotatable bonds is 3. The molecule has 0 radical (unpaired) electrons. The van der Waals surface area contributed by atoms with Gasteiger partial charge in [0.1, 0.15) is 0 Å². The topological polar surface area (TPSA) is 17.1 Å². The summed E-state index contributed by atoms with van der Waals surface area (Å²) in [6, 6.07) is 10.2. The molecule has 1 aromatic carbocycles. The Balaban J connectivity index is 1.98. The van der Waals surface area contributed by atoms with E-state index >= 15 is 0 Å². The van der Waals surface area contributed by atoms with Crippen LogP contribution in [-0.2, 0) is 11.2 Å². The lowest BCUT2D eigenvalue weighted by Crippen LogP contribution is -1.95. The highest BCUT2D eigenvalue weighted by Crippen LogP contribution is 2.28. The normalized spacial score (nSPS) is 18.9. The average molecular weight is 235 g/mol. The first-order valence-corrected chi connectivity index (χ1v) is 6.10. The van der Waals surface area contributed by atoms with E-state index in [1.165, 1.54) is 5.56 Å². The fraction of sp³-hybridized carbons (Fsp3) is 0.357. The molecule has 1 aliphatic carbocycles. The number of Topliss-reactive ketones (excluding diaryl/α,β-unsaturated/α-hetero) is 1. The smallest absolute Gasteiger partial charge is 0.160 e. The number of ketones is 1. The van der Waals surface area contributed by atoms with Crippen LogP contribution in [0.4, 0.5) is 0 Å². The Bertz CT molecular complexity index is 406. The van der Waals surface area contributed by atoms with E-state index in [0.717, 1.165) is 36.3 Å². The number of carbonyl (C=O) groups is 1. The molecule has 1 nitrogen and oxygen atoms in total. The number of carbonyl (C=O) groups excluding carboxylic acids is 1. The van der Waals surface area contributed by atoms with Crippen LogP contribution in [0.5, 0.6) is 0 Å². The molecule has 0 heterocycles. The zero-order valence-corrected chi connectivity index (χ0v) is 9.96. The monoisotopic (exact) mass is 234 g/mol. The maximum atomic E-state index is 11.5. The van der Waals surface area contributed by atoms with E-state index in [-0.39, 0.29) is 5.78 Å². The van der Waals surface area contributed by atoms with Gasteiger partial charge in [-0.1, -0.05) is 41.9 Å². The Morgan fingerprint density at radius 1 is 1.19 bits per heavy atom. The van der Waals surface area contributed by atoms with Gasteiger partial charge in [0.05, 0.1) is 0 Å². The molecule has 0 unspecified atom stereocenters. The molecule has 2 heteroatoms. The van der Waals surface area contributed by atoms with Gasteiger partial charge in [-0.15, -0.1) is 0 Å². The predicted molar refractivity (Wildman–Crippen MR) is 66.5 cm³/mol. The van der Waals surface area contributed by atoms with Crippen LogP contribution in [0.3, 0.4) is 0 Å². The number of halogens is 1. The van der Waals surface area contributed by atoms with Gasteiger partial charge in [-0.2, -0.15) is 0 Å². The van der Waals surface area contributed by atoms with Crippen molar-refractivity contribution >= 4 is 17.4 Å². The minimum atomic E-state index is 0.248. The molecule has 0 amide bonds. The third-order valence-corrected chi connectivity index (χ3v) is 3.39. The second-order valence-electron chi connectivity index (χ2n) is 4.15. The van der Waals surface area contributed by atoms with Gasteiger partial charge in [0.25, 0.3) is 0 Å².